The third kappa shape index (κ3) is 3.46. The molecule has 0 aliphatic rings. The van der Waals surface area contributed by atoms with Gasteiger partial charge in [0.15, 0.2) is 0 Å². The Hall–Kier alpha value is -0.540. The van der Waals surface area contributed by atoms with Crippen molar-refractivity contribution in [1.29, 1.82) is 0 Å². The highest BCUT2D eigenvalue weighted by atomic mass is 35.5. The van der Waals surface area contributed by atoms with E-state index in [4.69, 9.17) is 11.6 Å². The summed E-state index contributed by atoms with van der Waals surface area (Å²) in [4.78, 5) is 12.8. The van der Waals surface area contributed by atoms with Crippen molar-refractivity contribution in [3.8, 4) is 0 Å². The van der Waals surface area contributed by atoms with Gasteiger partial charge in [-0.2, -0.15) is 0 Å². The second-order valence-corrected chi connectivity index (χ2v) is 5.64. The SMILES string of the molecule is CCC(CC)(CCl)CNC(=O)c1sccc1C. The van der Waals surface area contributed by atoms with Crippen LogP contribution < -0.4 is 5.32 Å². The van der Waals surface area contributed by atoms with Crippen LogP contribution >= 0.6 is 22.9 Å². The Labute approximate surface area is 112 Å². The Kier molecular flexibility index (Phi) is 5.47. The number of hydrogen-bond acceptors (Lipinski definition) is 2. The molecule has 1 aromatic heterocycles. The van der Waals surface area contributed by atoms with Crippen molar-refractivity contribution in [2.24, 2.45) is 5.41 Å². The molecule has 17 heavy (non-hydrogen) atoms. The van der Waals surface area contributed by atoms with E-state index in [1.807, 2.05) is 18.4 Å². The van der Waals surface area contributed by atoms with Crippen LogP contribution in [0.15, 0.2) is 11.4 Å². The van der Waals surface area contributed by atoms with E-state index in [1.54, 1.807) is 0 Å². The van der Waals surface area contributed by atoms with Gasteiger partial charge in [-0.15, -0.1) is 22.9 Å². The Morgan fingerprint density at radius 3 is 2.53 bits per heavy atom. The lowest BCUT2D eigenvalue weighted by Crippen LogP contribution is -2.38. The maximum absolute atomic E-state index is 12.0. The molecule has 1 aromatic rings. The van der Waals surface area contributed by atoms with Gasteiger partial charge in [-0.1, -0.05) is 13.8 Å². The maximum Gasteiger partial charge on any atom is 0.261 e. The fourth-order valence-corrected chi connectivity index (χ4v) is 3.00. The molecule has 0 spiro atoms. The summed E-state index contributed by atoms with van der Waals surface area (Å²) < 4.78 is 0. The van der Waals surface area contributed by atoms with Gasteiger partial charge in [0.1, 0.15) is 0 Å². The summed E-state index contributed by atoms with van der Waals surface area (Å²) in [5, 5.41) is 4.95. The van der Waals surface area contributed by atoms with Crippen molar-refractivity contribution in [2.75, 3.05) is 12.4 Å². The molecule has 0 atom stereocenters. The first-order valence-corrected chi connectivity index (χ1v) is 7.38. The number of amides is 1. The minimum Gasteiger partial charge on any atom is -0.351 e. The molecule has 1 heterocycles. The number of alkyl halides is 1. The van der Waals surface area contributed by atoms with E-state index in [1.165, 1.54) is 11.3 Å². The monoisotopic (exact) mass is 273 g/mol. The third-order valence-corrected chi connectivity index (χ3v) is 5.06. The van der Waals surface area contributed by atoms with Gasteiger partial charge in [0.25, 0.3) is 5.91 Å². The first-order valence-electron chi connectivity index (χ1n) is 5.97. The van der Waals surface area contributed by atoms with Crippen molar-refractivity contribution < 1.29 is 4.79 Å². The quantitative estimate of drug-likeness (QED) is 0.784. The summed E-state index contributed by atoms with van der Waals surface area (Å²) in [6.07, 6.45) is 1.97. The predicted octanol–water partition coefficient (Wildman–Crippen LogP) is 3.83. The van der Waals surface area contributed by atoms with Crippen molar-refractivity contribution in [2.45, 2.75) is 33.6 Å². The molecule has 0 aromatic carbocycles. The molecule has 1 N–H and O–H groups in total. The lowest BCUT2D eigenvalue weighted by molar-refractivity contribution is 0.0935. The standard InChI is InChI=1S/C13H20ClNOS/c1-4-13(5-2,8-14)9-15-12(16)11-10(3)6-7-17-11/h6-7H,4-5,8-9H2,1-3H3,(H,15,16). The van der Waals surface area contributed by atoms with Crippen LogP contribution in [0, 0.1) is 12.3 Å². The molecule has 0 saturated carbocycles. The normalized spacial score (nSPS) is 11.5. The molecular weight excluding hydrogens is 254 g/mol. The van der Waals surface area contributed by atoms with E-state index in [0.29, 0.717) is 12.4 Å². The summed E-state index contributed by atoms with van der Waals surface area (Å²) in [5.74, 6) is 0.609. The van der Waals surface area contributed by atoms with Crippen LogP contribution in [0.4, 0.5) is 0 Å². The van der Waals surface area contributed by atoms with Crippen LogP contribution in [0.25, 0.3) is 0 Å². The first-order chi connectivity index (χ1) is 8.08. The summed E-state index contributed by atoms with van der Waals surface area (Å²) in [5.41, 5.74) is 1.07. The largest absolute Gasteiger partial charge is 0.351 e. The Morgan fingerprint density at radius 2 is 2.12 bits per heavy atom. The fraction of sp³-hybridized carbons (Fsp3) is 0.615. The average Bonchev–Trinajstić information content (AvgIpc) is 2.78. The van der Waals surface area contributed by atoms with E-state index in [9.17, 15) is 4.79 Å². The van der Waals surface area contributed by atoms with E-state index >= 15 is 0 Å². The van der Waals surface area contributed by atoms with Crippen molar-refractivity contribution >= 4 is 28.8 Å². The van der Waals surface area contributed by atoms with Crippen molar-refractivity contribution in [1.82, 2.24) is 5.32 Å². The van der Waals surface area contributed by atoms with E-state index in [0.717, 1.165) is 23.3 Å². The van der Waals surface area contributed by atoms with Crippen LogP contribution in [0.2, 0.25) is 0 Å². The Balaban J connectivity index is 2.62. The molecule has 0 aliphatic heterocycles. The van der Waals surface area contributed by atoms with Gasteiger partial charge in [-0.3, -0.25) is 4.79 Å². The van der Waals surface area contributed by atoms with Gasteiger partial charge >= 0.3 is 0 Å². The predicted molar refractivity (Wildman–Crippen MR) is 75.1 cm³/mol. The zero-order valence-electron chi connectivity index (χ0n) is 10.7. The zero-order valence-corrected chi connectivity index (χ0v) is 12.3. The molecule has 0 aliphatic carbocycles. The first kappa shape index (κ1) is 14.5. The van der Waals surface area contributed by atoms with E-state index < -0.39 is 0 Å². The number of halogens is 1. The van der Waals surface area contributed by atoms with E-state index in [-0.39, 0.29) is 11.3 Å². The molecule has 0 radical (unpaired) electrons. The summed E-state index contributed by atoms with van der Waals surface area (Å²) in [6, 6.07) is 1.97. The van der Waals surface area contributed by atoms with Crippen LogP contribution in [0.5, 0.6) is 0 Å². The molecule has 4 heteroatoms. The second-order valence-electron chi connectivity index (χ2n) is 4.46. The number of carbonyl (C=O) groups excluding carboxylic acids is 1. The smallest absolute Gasteiger partial charge is 0.261 e. The number of thiophene rings is 1. The maximum atomic E-state index is 12.0. The molecule has 1 amide bonds. The third-order valence-electron chi connectivity index (χ3n) is 3.48. The van der Waals surface area contributed by atoms with Gasteiger partial charge in [-0.05, 0) is 36.8 Å². The summed E-state index contributed by atoms with van der Waals surface area (Å²) in [6.45, 7) is 6.85. The summed E-state index contributed by atoms with van der Waals surface area (Å²) >= 11 is 7.50. The lowest BCUT2D eigenvalue weighted by atomic mass is 9.84. The van der Waals surface area contributed by atoms with Crippen molar-refractivity contribution in [3.63, 3.8) is 0 Å². The molecule has 2 nitrogen and oxygen atoms in total. The molecule has 0 fully saturated rings. The van der Waals surface area contributed by atoms with Gasteiger partial charge in [0.2, 0.25) is 0 Å². The molecule has 1 rings (SSSR count). The van der Waals surface area contributed by atoms with Gasteiger partial charge in [0, 0.05) is 17.8 Å². The minimum absolute atomic E-state index is 0.0221. The number of rotatable bonds is 6. The number of hydrogen-bond donors (Lipinski definition) is 1. The van der Waals surface area contributed by atoms with Crippen LogP contribution in [0.1, 0.15) is 41.9 Å². The highest BCUT2D eigenvalue weighted by molar-refractivity contribution is 7.12. The molecule has 0 saturated heterocycles. The van der Waals surface area contributed by atoms with Crippen LogP contribution in [0.3, 0.4) is 0 Å². The molecule has 0 unspecified atom stereocenters. The van der Waals surface area contributed by atoms with Crippen LogP contribution in [-0.2, 0) is 0 Å². The molecular formula is C13H20ClNOS. The second kappa shape index (κ2) is 6.41. The average molecular weight is 274 g/mol. The van der Waals surface area contributed by atoms with Gasteiger partial charge in [-0.25, -0.2) is 0 Å². The minimum atomic E-state index is 0.0221. The fourth-order valence-electron chi connectivity index (χ4n) is 1.69. The number of aryl methyl sites for hydroxylation is 1. The Bertz CT molecular complexity index is 363. The Morgan fingerprint density at radius 1 is 1.47 bits per heavy atom. The number of nitrogens with one attached hydrogen (secondary N) is 1. The highest BCUT2D eigenvalue weighted by Crippen LogP contribution is 2.27. The highest BCUT2D eigenvalue weighted by Gasteiger charge is 2.26. The zero-order chi connectivity index (χ0) is 12.9. The molecule has 96 valence electrons. The van der Waals surface area contributed by atoms with Crippen LogP contribution in [-0.4, -0.2) is 18.3 Å². The summed E-state index contributed by atoms with van der Waals surface area (Å²) in [7, 11) is 0. The lowest BCUT2D eigenvalue weighted by Gasteiger charge is -2.29. The van der Waals surface area contributed by atoms with Gasteiger partial charge < -0.3 is 5.32 Å². The number of carbonyl (C=O) groups is 1. The van der Waals surface area contributed by atoms with Crippen molar-refractivity contribution in [3.05, 3.63) is 21.9 Å². The molecule has 0 bridgehead atoms. The van der Waals surface area contributed by atoms with Gasteiger partial charge in [0.05, 0.1) is 4.88 Å². The van der Waals surface area contributed by atoms with E-state index in [2.05, 4.69) is 19.2 Å². The topological polar surface area (TPSA) is 29.1 Å².